The lowest BCUT2D eigenvalue weighted by Gasteiger charge is -2.49. The van der Waals surface area contributed by atoms with E-state index in [9.17, 15) is 24.9 Å². The maximum atomic E-state index is 14.6. The van der Waals surface area contributed by atoms with Crippen LogP contribution in [0.1, 0.15) is 114 Å². The summed E-state index contributed by atoms with van der Waals surface area (Å²) in [6, 6.07) is 8.65. The molecule has 5 rings (SSSR count). The summed E-state index contributed by atoms with van der Waals surface area (Å²) in [4.78, 5) is 32.3. The molecule has 65 heavy (non-hydrogen) atoms. The maximum Gasteiger partial charge on any atom is 0.509 e. The van der Waals surface area contributed by atoms with Crippen LogP contribution in [0.5, 0.6) is 0 Å². The van der Waals surface area contributed by atoms with E-state index in [2.05, 4.69) is 11.8 Å². The van der Waals surface area contributed by atoms with Gasteiger partial charge in [0.15, 0.2) is 18.7 Å². The summed E-state index contributed by atoms with van der Waals surface area (Å²) in [5, 5.41) is 36.9. The lowest BCUT2D eigenvalue weighted by Crippen LogP contribution is -2.62. The number of hydrogen-bond acceptors (Lipinski definition) is 16. The molecule has 16 nitrogen and oxygen atoms in total. The highest BCUT2D eigenvalue weighted by Gasteiger charge is 2.67. The fourth-order valence-electron chi connectivity index (χ4n) is 10.8. The van der Waals surface area contributed by atoms with Crippen LogP contribution in [0.3, 0.4) is 0 Å². The number of methoxy groups -OCH3 is 1. The number of ether oxygens (including phenoxy) is 9. The molecule has 0 amide bonds. The highest BCUT2D eigenvalue weighted by molar-refractivity contribution is 5.73. The monoisotopic (exact) mass is 923 g/mol. The lowest BCUT2D eigenvalue weighted by molar-refractivity contribution is -0.315. The number of hydrogen-bond donors (Lipinski definition) is 3. The summed E-state index contributed by atoms with van der Waals surface area (Å²) in [6.07, 6.45) is -7.36. The zero-order valence-corrected chi connectivity index (χ0v) is 41.6. The SMILES string of the molecule is CCCN1C[C@@H](C)[C@@H](O)[C@](C)(O)[C@@H](CC)OC(=O)C(C)[C@H](OC2C[C@@](C)(OC)[C@@]3(CO3)[C@H](C)O2)[C@H](C)[C@@H](O[C@@H]2O[C@H](C)C[C@H](N(C)C)[C@H]2OC(=O)OCc2ccccc2)[C@](C)(O)C[C@H]1C. The average molecular weight is 923 g/mol. The molecular formula is C49H82N2O14. The lowest BCUT2D eigenvalue weighted by atomic mass is 9.78. The van der Waals surface area contributed by atoms with E-state index in [4.69, 9.17) is 42.6 Å². The number of aliphatic hydroxyl groups is 3. The Kier molecular flexibility index (Phi) is 18.0. The van der Waals surface area contributed by atoms with E-state index in [-0.39, 0.29) is 44.1 Å². The molecule has 18 atom stereocenters. The third-order valence-electron chi connectivity index (χ3n) is 14.9. The Hall–Kier alpha value is -2.48. The van der Waals surface area contributed by atoms with Crippen LogP contribution >= 0.6 is 0 Å². The van der Waals surface area contributed by atoms with Crippen LogP contribution in [-0.2, 0) is 54.0 Å². The summed E-state index contributed by atoms with van der Waals surface area (Å²) in [7, 11) is 5.41. The van der Waals surface area contributed by atoms with Crippen molar-refractivity contribution in [3.63, 3.8) is 0 Å². The van der Waals surface area contributed by atoms with Crippen molar-refractivity contribution in [2.75, 3.05) is 40.9 Å². The van der Waals surface area contributed by atoms with Crippen molar-refractivity contribution in [3.8, 4) is 0 Å². The Morgan fingerprint density at radius 2 is 1.62 bits per heavy atom. The molecule has 4 heterocycles. The topological polar surface area (TPSA) is 188 Å². The first kappa shape index (κ1) is 53.5. The van der Waals surface area contributed by atoms with Gasteiger partial charge in [0.05, 0.1) is 54.7 Å². The molecule has 1 aromatic rings. The smallest absolute Gasteiger partial charge is 0.459 e. The van der Waals surface area contributed by atoms with Gasteiger partial charge < -0.3 is 67.8 Å². The van der Waals surface area contributed by atoms with Gasteiger partial charge in [0.25, 0.3) is 0 Å². The fraction of sp³-hybridized carbons (Fsp3) is 0.837. The van der Waals surface area contributed by atoms with Gasteiger partial charge in [-0.05, 0) is 106 Å². The number of aliphatic hydroxyl groups excluding tert-OH is 1. The van der Waals surface area contributed by atoms with Gasteiger partial charge in [-0.1, -0.05) is 58.0 Å². The summed E-state index contributed by atoms with van der Waals surface area (Å²) in [5.41, 5.74) is -4.13. The molecule has 0 saturated carbocycles. The first-order valence-electron chi connectivity index (χ1n) is 23.9. The van der Waals surface area contributed by atoms with E-state index in [0.29, 0.717) is 26.1 Å². The zero-order valence-electron chi connectivity index (χ0n) is 41.6. The van der Waals surface area contributed by atoms with Crippen LogP contribution in [0.4, 0.5) is 4.79 Å². The zero-order chi connectivity index (χ0) is 48.2. The number of epoxide rings is 1. The normalized spacial score (nSPS) is 43.6. The second kappa shape index (κ2) is 21.9. The first-order chi connectivity index (χ1) is 30.4. The molecule has 1 aromatic carbocycles. The third-order valence-corrected chi connectivity index (χ3v) is 14.9. The van der Waals surface area contributed by atoms with Gasteiger partial charge in [0.1, 0.15) is 29.5 Å². The van der Waals surface area contributed by atoms with Gasteiger partial charge in [-0.2, -0.15) is 0 Å². The van der Waals surface area contributed by atoms with Gasteiger partial charge in [-0.25, -0.2) is 4.79 Å². The molecule has 4 fully saturated rings. The van der Waals surface area contributed by atoms with Gasteiger partial charge in [0.2, 0.25) is 0 Å². The van der Waals surface area contributed by atoms with Crippen LogP contribution in [0.25, 0.3) is 0 Å². The van der Waals surface area contributed by atoms with Gasteiger partial charge in [-0.3, -0.25) is 4.79 Å². The standard InChI is InChI=1S/C49H82N2O14/c1-15-22-51-26-29(3)41(52)48(11,56)37(16-2)62-43(53)33(7)39(63-38-25-47(10,57-14)49(28-59-49)34(8)61-38)32(6)42(46(9,55)24-30(51)4)65-44-40(36(50(12)13)23-31(5)60-44)64-45(54)58-27-35-20-18-17-19-21-35/h17-21,29-34,36-42,44,52,55-56H,15-16,22-28H2,1-14H3/t29-,30-,31-,32+,33?,34+,36+,37-,38?,39-,40-,41-,42-,44+,46-,47-,48-,49-/m1/s1. The maximum absolute atomic E-state index is 14.6. The van der Waals surface area contributed by atoms with Crippen molar-refractivity contribution < 1.29 is 67.5 Å². The summed E-state index contributed by atoms with van der Waals surface area (Å²) >= 11 is 0. The first-order valence-corrected chi connectivity index (χ1v) is 23.9. The Labute approximate surface area is 387 Å². The fourth-order valence-corrected chi connectivity index (χ4v) is 10.8. The Morgan fingerprint density at radius 3 is 2.20 bits per heavy atom. The minimum absolute atomic E-state index is 0.00346. The largest absolute Gasteiger partial charge is 0.509 e. The molecule has 0 aromatic heterocycles. The predicted molar refractivity (Wildman–Crippen MR) is 242 cm³/mol. The minimum Gasteiger partial charge on any atom is -0.459 e. The molecule has 1 spiro atoms. The summed E-state index contributed by atoms with van der Waals surface area (Å²) < 4.78 is 57.1. The molecule has 4 aliphatic rings. The van der Waals surface area contributed by atoms with Gasteiger partial charge in [-0.15, -0.1) is 0 Å². The van der Waals surface area contributed by atoms with Crippen molar-refractivity contribution in [3.05, 3.63) is 35.9 Å². The van der Waals surface area contributed by atoms with Crippen LogP contribution in [0, 0.1) is 17.8 Å². The molecule has 3 N–H and O–H groups in total. The predicted octanol–water partition coefficient (Wildman–Crippen LogP) is 5.45. The van der Waals surface area contributed by atoms with Crippen molar-refractivity contribution in [1.82, 2.24) is 9.80 Å². The van der Waals surface area contributed by atoms with Crippen LogP contribution in [0.2, 0.25) is 0 Å². The molecule has 0 radical (unpaired) electrons. The van der Waals surface area contributed by atoms with E-state index in [1.54, 1.807) is 27.9 Å². The summed E-state index contributed by atoms with van der Waals surface area (Å²) in [6.45, 7) is 21.8. The number of rotatable bonds is 12. The highest BCUT2D eigenvalue weighted by Crippen LogP contribution is 2.51. The molecule has 2 unspecified atom stereocenters. The highest BCUT2D eigenvalue weighted by atomic mass is 16.8. The number of carbonyl (C=O) groups is 2. The third kappa shape index (κ3) is 12.0. The molecule has 16 heteroatoms. The van der Waals surface area contributed by atoms with Crippen molar-refractivity contribution in [2.24, 2.45) is 17.8 Å². The van der Waals surface area contributed by atoms with Gasteiger partial charge in [0, 0.05) is 32.0 Å². The molecular weight excluding hydrogens is 841 g/mol. The number of esters is 1. The van der Waals surface area contributed by atoms with Crippen LogP contribution in [-0.4, -0.2) is 168 Å². The Balaban J connectivity index is 1.60. The Bertz CT molecular complexity index is 1680. The van der Waals surface area contributed by atoms with E-state index < -0.39 is 101 Å². The average Bonchev–Trinajstić information content (AvgIpc) is 4.07. The van der Waals surface area contributed by atoms with E-state index in [0.717, 1.165) is 12.0 Å². The quantitative estimate of drug-likeness (QED) is 0.177. The van der Waals surface area contributed by atoms with Crippen molar-refractivity contribution >= 4 is 12.1 Å². The number of cyclic esters (lactones) is 1. The molecule has 0 aliphatic carbocycles. The number of benzene rings is 1. The summed E-state index contributed by atoms with van der Waals surface area (Å²) in [5.74, 6) is -2.98. The van der Waals surface area contributed by atoms with Crippen molar-refractivity contribution in [2.45, 2.75) is 205 Å². The van der Waals surface area contributed by atoms with E-state index in [1.165, 1.54) is 6.92 Å². The number of nitrogens with zero attached hydrogens (tertiary/aromatic N) is 2. The molecule has 4 saturated heterocycles. The second-order valence-corrected chi connectivity index (χ2v) is 20.4. The molecule has 4 aliphatic heterocycles. The number of carbonyl (C=O) groups excluding carboxylic acids is 2. The second-order valence-electron chi connectivity index (χ2n) is 20.4. The Morgan fingerprint density at radius 1 is 0.954 bits per heavy atom. The number of likely N-dealkylation sites (N-methyl/N-ethyl adjacent to an activating group) is 1. The van der Waals surface area contributed by atoms with Crippen molar-refractivity contribution in [1.29, 1.82) is 0 Å². The van der Waals surface area contributed by atoms with E-state index >= 15 is 0 Å². The van der Waals surface area contributed by atoms with Crippen LogP contribution in [0.15, 0.2) is 30.3 Å². The molecule has 372 valence electrons. The minimum atomic E-state index is -1.81. The molecule has 0 bridgehead atoms. The van der Waals surface area contributed by atoms with Gasteiger partial charge >= 0.3 is 12.1 Å². The van der Waals surface area contributed by atoms with Crippen LogP contribution < -0.4 is 0 Å². The van der Waals surface area contributed by atoms with E-state index in [1.807, 2.05) is 90.9 Å².